The molecule has 0 fully saturated rings. The zero-order valence-corrected chi connectivity index (χ0v) is 9.00. The fourth-order valence-corrected chi connectivity index (χ4v) is 1.42. The number of benzene rings is 1. The first-order valence-electron chi connectivity index (χ1n) is 4.91. The van der Waals surface area contributed by atoms with E-state index < -0.39 is 0 Å². The van der Waals surface area contributed by atoms with Crippen molar-refractivity contribution in [3.8, 4) is 5.75 Å². The summed E-state index contributed by atoms with van der Waals surface area (Å²) < 4.78 is 13.0. The molecule has 2 N–H and O–H groups in total. The van der Waals surface area contributed by atoms with Gasteiger partial charge in [-0.05, 0) is 32.0 Å². The zero-order chi connectivity index (χ0) is 11.4. The van der Waals surface area contributed by atoms with E-state index in [9.17, 15) is 9.50 Å². The van der Waals surface area contributed by atoms with Crippen molar-refractivity contribution in [2.75, 3.05) is 0 Å². The van der Waals surface area contributed by atoms with E-state index in [-0.39, 0.29) is 23.7 Å². The zero-order valence-electron chi connectivity index (χ0n) is 9.00. The Morgan fingerprint density at radius 3 is 2.73 bits per heavy atom. The fraction of sp³-hybridized carbons (Fsp3) is 0.333. The van der Waals surface area contributed by atoms with Crippen molar-refractivity contribution in [1.82, 2.24) is 5.32 Å². The second-order valence-electron chi connectivity index (χ2n) is 3.62. The number of nitrogens with one attached hydrogen (secondary N) is 1. The number of phenols is 1. The van der Waals surface area contributed by atoms with Gasteiger partial charge in [-0.1, -0.05) is 6.08 Å². The van der Waals surface area contributed by atoms with Crippen molar-refractivity contribution in [3.63, 3.8) is 0 Å². The average molecular weight is 209 g/mol. The van der Waals surface area contributed by atoms with Crippen molar-refractivity contribution in [2.24, 2.45) is 0 Å². The van der Waals surface area contributed by atoms with Gasteiger partial charge in [0.05, 0.1) is 0 Å². The topological polar surface area (TPSA) is 32.3 Å². The summed E-state index contributed by atoms with van der Waals surface area (Å²) in [5, 5.41) is 12.7. The van der Waals surface area contributed by atoms with E-state index in [1.807, 2.05) is 13.8 Å². The maximum Gasteiger partial charge on any atom is 0.123 e. The van der Waals surface area contributed by atoms with Gasteiger partial charge in [0.2, 0.25) is 0 Å². The molecule has 0 bridgehead atoms. The molecule has 0 aliphatic heterocycles. The molecule has 0 saturated carbocycles. The van der Waals surface area contributed by atoms with Crippen molar-refractivity contribution < 1.29 is 9.50 Å². The minimum Gasteiger partial charge on any atom is -0.508 e. The van der Waals surface area contributed by atoms with Gasteiger partial charge < -0.3 is 10.4 Å². The Kier molecular flexibility index (Phi) is 3.86. The molecule has 0 aliphatic rings. The molecule has 2 atom stereocenters. The predicted molar refractivity (Wildman–Crippen MR) is 59.3 cm³/mol. The molecule has 0 aromatic heterocycles. The maximum absolute atomic E-state index is 13.0. The normalized spacial score (nSPS) is 14.6. The minimum absolute atomic E-state index is 0.104. The van der Waals surface area contributed by atoms with Gasteiger partial charge in [-0.15, -0.1) is 6.58 Å². The average Bonchev–Trinajstić information content (AvgIpc) is 2.21. The van der Waals surface area contributed by atoms with Crippen LogP contribution in [-0.2, 0) is 0 Å². The highest BCUT2D eigenvalue weighted by Crippen LogP contribution is 2.24. The lowest BCUT2D eigenvalue weighted by molar-refractivity contribution is 0.444. The Labute approximate surface area is 89.4 Å². The highest BCUT2D eigenvalue weighted by Gasteiger charge is 2.12. The van der Waals surface area contributed by atoms with Gasteiger partial charge in [0.25, 0.3) is 0 Å². The first kappa shape index (κ1) is 11.7. The van der Waals surface area contributed by atoms with Crippen molar-refractivity contribution in [2.45, 2.75) is 25.9 Å². The van der Waals surface area contributed by atoms with Gasteiger partial charge in [-0.2, -0.15) is 0 Å². The van der Waals surface area contributed by atoms with Crippen molar-refractivity contribution >= 4 is 0 Å². The molecule has 2 unspecified atom stereocenters. The fourth-order valence-electron chi connectivity index (χ4n) is 1.42. The van der Waals surface area contributed by atoms with Gasteiger partial charge in [0.1, 0.15) is 11.6 Å². The predicted octanol–water partition coefficient (Wildman–Crippen LogP) is 2.76. The summed E-state index contributed by atoms with van der Waals surface area (Å²) in [5.74, 6) is -0.240. The Bertz CT molecular complexity index is 351. The van der Waals surface area contributed by atoms with Crippen LogP contribution in [0.3, 0.4) is 0 Å². The van der Waals surface area contributed by atoms with Crippen LogP contribution in [0, 0.1) is 5.82 Å². The van der Waals surface area contributed by atoms with Crippen LogP contribution in [0.5, 0.6) is 5.75 Å². The van der Waals surface area contributed by atoms with Crippen LogP contribution in [0.1, 0.15) is 25.5 Å². The van der Waals surface area contributed by atoms with Crippen molar-refractivity contribution in [3.05, 3.63) is 42.2 Å². The lowest BCUT2D eigenvalue weighted by atomic mass is 10.1. The van der Waals surface area contributed by atoms with E-state index in [1.165, 1.54) is 18.2 Å². The molecule has 2 nitrogen and oxygen atoms in total. The standard InChI is InChI=1S/C12H16FNO/c1-4-8(2)14-9(3)11-7-10(13)5-6-12(11)15/h4-9,14-15H,1H2,2-3H3. The van der Waals surface area contributed by atoms with Gasteiger partial charge in [0, 0.05) is 17.6 Å². The Morgan fingerprint density at radius 1 is 1.47 bits per heavy atom. The number of aromatic hydroxyl groups is 1. The monoisotopic (exact) mass is 209 g/mol. The van der Waals surface area contributed by atoms with Crippen LogP contribution < -0.4 is 5.32 Å². The van der Waals surface area contributed by atoms with Crippen LogP contribution in [-0.4, -0.2) is 11.1 Å². The molecule has 1 aromatic rings. The van der Waals surface area contributed by atoms with E-state index in [1.54, 1.807) is 6.08 Å². The maximum atomic E-state index is 13.0. The number of rotatable bonds is 4. The largest absolute Gasteiger partial charge is 0.508 e. The van der Waals surface area contributed by atoms with Crippen LogP contribution in [0.4, 0.5) is 4.39 Å². The molecule has 3 heteroatoms. The van der Waals surface area contributed by atoms with E-state index in [4.69, 9.17) is 0 Å². The molecule has 0 amide bonds. The van der Waals surface area contributed by atoms with Gasteiger partial charge in [-0.25, -0.2) is 4.39 Å². The molecule has 15 heavy (non-hydrogen) atoms. The molecule has 1 rings (SSSR count). The number of phenolic OH excluding ortho intramolecular Hbond substituents is 1. The Hall–Kier alpha value is -1.35. The van der Waals surface area contributed by atoms with Crippen molar-refractivity contribution in [1.29, 1.82) is 0 Å². The van der Waals surface area contributed by atoms with Gasteiger partial charge >= 0.3 is 0 Å². The molecule has 1 aromatic carbocycles. The number of halogens is 1. The first-order chi connectivity index (χ1) is 7.04. The molecule has 0 radical (unpaired) electrons. The summed E-state index contributed by atoms with van der Waals surface area (Å²) in [4.78, 5) is 0. The molecule has 0 spiro atoms. The van der Waals surface area contributed by atoms with Crippen LogP contribution in [0.2, 0.25) is 0 Å². The SMILES string of the molecule is C=CC(C)NC(C)c1cc(F)ccc1O. The third kappa shape index (κ3) is 3.06. The van der Waals surface area contributed by atoms with E-state index >= 15 is 0 Å². The van der Waals surface area contributed by atoms with Gasteiger partial charge in [0.15, 0.2) is 0 Å². The molecular formula is C12H16FNO. The lowest BCUT2D eigenvalue weighted by Gasteiger charge is -2.18. The summed E-state index contributed by atoms with van der Waals surface area (Å²) in [5.41, 5.74) is 0.559. The number of hydrogen-bond donors (Lipinski definition) is 2. The second kappa shape index (κ2) is 4.94. The summed E-state index contributed by atoms with van der Waals surface area (Å²) in [6, 6.07) is 3.93. The minimum atomic E-state index is -0.345. The summed E-state index contributed by atoms with van der Waals surface area (Å²) in [6.45, 7) is 7.46. The van der Waals surface area contributed by atoms with E-state index in [0.717, 1.165) is 0 Å². The molecule has 0 saturated heterocycles. The lowest BCUT2D eigenvalue weighted by Crippen LogP contribution is -2.27. The molecular weight excluding hydrogens is 193 g/mol. The summed E-state index contributed by atoms with van der Waals surface area (Å²) in [6.07, 6.45) is 1.76. The summed E-state index contributed by atoms with van der Waals surface area (Å²) in [7, 11) is 0. The third-order valence-corrected chi connectivity index (χ3v) is 2.32. The highest BCUT2D eigenvalue weighted by atomic mass is 19.1. The molecule has 82 valence electrons. The smallest absolute Gasteiger partial charge is 0.123 e. The number of hydrogen-bond acceptors (Lipinski definition) is 2. The van der Waals surface area contributed by atoms with E-state index in [0.29, 0.717) is 5.56 Å². The first-order valence-corrected chi connectivity index (χ1v) is 4.91. The van der Waals surface area contributed by atoms with Gasteiger partial charge in [-0.3, -0.25) is 0 Å². The quantitative estimate of drug-likeness (QED) is 0.747. The molecule has 0 aliphatic carbocycles. The summed E-state index contributed by atoms with van der Waals surface area (Å²) >= 11 is 0. The Balaban J connectivity index is 2.85. The van der Waals surface area contributed by atoms with Crippen LogP contribution in [0.25, 0.3) is 0 Å². The second-order valence-corrected chi connectivity index (χ2v) is 3.62. The third-order valence-electron chi connectivity index (χ3n) is 2.32. The van der Waals surface area contributed by atoms with Crippen LogP contribution in [0.15, 0.2) is 30.9 Å². The Morgan fingerprint density at radius 2 is 2.13 bits per heavy atom. The van der Waals surface area contributed by atoms with E-state index in [2.05, 4.69) is 11.9 Å². The van der Waals surface area contributed by atoms with Crippen LogP contribution >= 0.6 is 0 Å². The highest BCUT2D eigenvalue weighted by molar-refractivity contribution is 5.34. The molecule has 0 heterocycles.